The van der Waals surface area contributed by atoms with Crippen LogP contribution in [-0.2, 0) is 20.8 Å². The molecule has 1 N–H and O–H groups in total. The highest BCUT2D eigenvalue weighted by atomic mass is 32.2. The van der Waals surface area contributed by atoms with Gasteiger partial charge < -0.3 is 14.9 Å². The first-order chi connectivity index (χ1) is 12.8. The predicted octanol–water partition coefficient (Wildman–Crippen LogP) is 1.51. The van der Waals surface area contributed by atoms with Gasteiger partial charge in [0.15, 0.2) is 0 Å². The van der Waals surface area contributed by atoms with Crippen molar-refractivity contribution in [1.29, 1.82) is 0 Å². The lowest BCUT2D eigenvalue weighted by molar-refractivity contribution is -0.137. The van der Waals surface area contributed by atoms with E-state index in [0.29, 0.717) is 38.4 Å². The van der Waals surface area contributed by atoms with E-state index < -0.39 is 5.97 Å². The Morgan fingerprint density at radius 3 is 2.52 bits per heavy atom. The smallest absolute Gasteiger partial charge is 0.303 e. The van der Waals surface area contributed by atoms with Gasteiger partial charge >= 0.3 is 5.97 Å². The number of carboxylic acids is 1. The quantitative estimate of drug-likeness (QED) is 0.731. The van der Waals surface area contributed by atoms with E-state index in [1.807, 2.05) is 28.4 Å². The number of hydrogen-bond donors (Lipinski definition) is 1. The Labute approximate surface area is 167 Å². The number of fused-ring (bicyclic) bond motifs is 1. The fraction of sp³-hybridized carbons (Fsp3) is 0.667. The van der Waals surface area contributed by atoms with Crippen LogP contribution in [0.1, 0.15) is 23.5 Å². The molecular formula is C18H25N3O4S2. The lowest BCUT2D eigenvalue weighted by Crippen LogP contribution is -2.40. The third-order valence-corrected chi connectivity index (χ3v) is 6.93. The molecule has 148 valence electrons. The lowest BCUT2D eigenvalue weighted by atomic mass is 9.77. The Kier molecular flexibility index (Phi) is 6.10. The van der Waals surface area contributed by atoms with Crippen molar-refractivity contribution >= 4 is 40.9 Å². The second-order valence-electron chi connectivity index (χ2n) is 7.47. The summed E-state index contributed by atoms with van der Waals surface area (Å²) >= 11 is 3.03. The number of hydrogen-bond acceptors (Lipinski definition) is 6. The van der Waals surface area contributed by atoms with Gasteiger partial charge in [-0.3, -0.25) is 14.4 Å². The number of thiazole rings is 1. The van der Waals surface area contributed by atoms with E-state index in [2.05, 4.69) is 4.98 Å². The maximum absolute atomic E-state index is 12.7. The topological polar surface area (TPSA) is 90.8 Å². The second kappa shape index (κ2) is 8.18. The molecule has 9 heteroatoms. The molecule has 2 saturated heterocycles. The number of carbonyl (C=O) groups excluding carboxylic acids is 2. The molecule has 2 aliphatic heterocycles. The summed E-state index contributed by atoms with van der Waals surface area (Å²) < 4.78 is 0. The van der Waals surface area contributed by atoms with Crippen LogP contribution in [0.4, 0.5) is 0 Å². The number of carboxylic acid groups (broad SMARTS) is 1. The molecule has 7 nitrogen and oxygen atoms in total. The Balaban J connectivity index is 1.69. The number of nitrogens with zero attached hydrogens (tertiary/aromatic N) is 3. The summed E-state index contributed by atoms with van der Waals surface area (Å²) in [6.07, 6.45) is 2.74. The molecule has 2 fully saturated rings. The molecule has 3 heterocycles. The van der Waals surface area contributed by atoms with Gasteiger partial charge in [0.25, 0.3) is 0 Å². The van der Waals surface area contributed by atoms with Gasteiger partial charge in [-0.1, -0.05) is 0 Å². The van der Waals surface area contributed by atoms with Crippen LogP contribution in [0.15, 0.2) is 5.38 Å². The zero-order valence-electron chi connectivity index (χ0n) is 15.6. The first-order valence-corrected chi connectivity index (χ1v) is 11.3. The van der Waals surface area contributed by atoms with Crippen molar-refractivity contribution in [3.8, 4) is 0 Å². The fourth-order valence-electron chi connectivity index (χ4n) is 4.24. The van der Waals surface area contributed by atoms with Crippen LogP contribution in [0, 0.1) is 18.3 Å². The fourth-order valence-corrected chi connectivity index (χ4v) is 5.29. The van der Waals surface area contributed by atoms with E-state index in [9.17, 15) is 14.4 Å². The molecule has 27 heavy (non-hydrogen) atoms. The SMILES string of the molecule is CSCC(=O)N1CC2CN(C(=O)Cc3csc(C)n3)CC2(CCC(=O)O)C1. The molecule has 0 bridgehead atoms. The van der Waals surface area contributed by atoms with Crippen molar-refractivity contribution in [3.63, 3.8) is 0 Å². The van der Waals surface area contributed by atoms with E-state index in [1.165, 1.54) is 23.1 Å². The minimum absolute atomic E-state index is 0.0337. The molecule has 1 aromatic rings. The highest BCUT2D eigenvalue weighted by molar-refractivity contribution is 7.99. The largest absolute Gasteiger partial charge is 0.481 e. The zero-order chi connectivity index (χ0) is 19.6. The molecule has 0 aromatic carbocycles. The van der Waals surface area contributed by atoms with Gasteiger partial charge in [-0.05, 0) is 19.6 Å². The van der Waals surface area contributed by atoms with Gasteiger partial charge in [-0.2, -0.15) is 11.8 Å². The van der Waals surface area contributed by atoms with Crippen LogP contribution in [0.25, 0.3) is 0 Å². The lowest BCUT2D eigenvalue weighted by Gasteiger charge is -2.29. The number of thioether (sulfide) groups is 1. The average molecular weight is 412 g/mol. The minimum atomic E-state index is -0.834. The minimum Gasteiger partial charge on any atom is -0.481 e. The van der Waals surface area contributed by atoms with E-state index >= 15 is 0 Å². The summed E-state index contributed by atoms with van der Waals surface area (Å²) in [4.78, 5) is 44.3. The van der Waals surface area contributed by atoms with Gasteiger partial charge in [0.2, 0.25) is 11.8 Å². The average Bonchev–Trinajstić information content (AvgIpc) is 3.25. The third kappa shape index (κ3) is 4.45. The second-order valence-corrected chi connectivity index (χ2v) is 9.40. The molecule has 0 aliphatic carbocycles. The summed E-state index contributed by atoms with van der Waals surface area (Å²) in [5.74, 6) is -0.120. The number of likely N-dealkylation sites (tertiary alicyclic amines) is 2. The van der Waals surface area contributed by atoms with Gasteiger partial charge in [-0.15, -0.1) is 11.3 Å². The summed E-state index contributed by atoms with van der Waals surface area (Å²) in [6, 6.07) is 0. The molecular weight excluding hydrogens is 386 g/mol. The highest BCUT2D eigenvalue weighted by Gasteiger charge is 2.54. The first kappa shape index (κ1) is 20.1. The van der Waals surface area contributed by atoms with Crippen molar-refractivity contribution in [2.45, 2.75) is 26.2 Å². The van der Waals surface area contributed by atoms with Crippen LogP contribution < -0.4 is 0 Å². The summed E-state index contributed by atoms with van der Waals surface area (Å²) in [5, 5.41) is 12.0. The molecule has 2 aliphatic rings. The Hall–Kier alpha value is -1.61. The van der Waals surface area contributed by atoms with Crippen molar-refractivity contribution in [1.82, 2.24) is 14.8 Å². The van der Waals surface area contributed by atoms with Gasteiger partial charge in [0, 0.05) is 49.3 Å². The third-order valence-electron chi connectivity index (χ3n) is 5.57. The molecule has 2 atom stereocenters. The van der Waals surface area contributed by atoms with Crippen LogP contribution in [-0.4, -0.2) is 75.9 Å². The van der Waals surface area contributed by atoms with Crippen LogP contribution in [0.5, 0.6) is 0 Å². The number of rotatable bonds is 7. The number of carbonyl (C=O) groups is 3. The Morgan fingerprint density at radius 2 is 1.96 bits per heavy atom. The van der Waals surface area contributed by atoms with E-state index in [4.69, 9.17) is 5.11 Å². The molecule has 0 radical (unpaired) electrons. The highest BCUT2D eigenvalue weighted by Crippen LogP contribution is 2.46. The maximum Gasteiger partial charge on any atom is 0.303 e. The standard InChI is InChI=1S/C18H25N3O4S2/c1-12-19-14(8-27-12)5-15(22)20-6-13-7-21(16(23)9-26-2)11-18(13,10-20)4-3-17(24)25/h8,13H,3-7,9-11H2,1-2H3,(H,24,25). The van der Waals surface area contributed by atoms with Crippen molar-refractivity contribution < 1.29 is 19.5 Å². The predicted molar refractivity (Wildman–Crippen MR) is 105 cm³/mol. The van der Waals surface area contributed by atoms with Crippen molar-refractivity contribution in [2.75, 3.05) is 38.2 Å². The van der Waals surface area contributed by atoms with Gasteiger partial charge in [0.1, 0.15) is 0 Å². The molecule has 3 rings (SSSR count). The van der Waals surface area contributed by atoms with Crippen molar-refractivity contribution in [2.24, 2.45) is 11.3 Å². The maximum atomic E-state index is 12.7. The molecule has 2 amide bonds. The van der Waals surface area contributed by atoms with Crippen molar-refractivity contribution in [3.05, 3.63) is 16.1 Å². The molecule has 0 saturated carbocycles. The number of aryl methyl sites for hydroxylation is 1. The molecule has 0 spiro atoms. The van der Waals surface area contributed by atoms with Crippen LogP contribution in [0.2, 0.25) is 0 Å². The van der Waals surface area contributed by atoms with Gasteiger partial charge in [0.05, 0.1) is 22.9 Å². The zero-order valence-corrected chi connectivity index (χ0v) is 17.3. The van der Waals surface area contributed by atoms with Crippen LogP contribution in [0.3, 0.4) is 0 Å². The van der Waals surface area contributed by atoms with E-state index in [1.54, 1.807) is 0 Å². The summed E-state index contributed by atoms with van der Waals surface area (Å²) in [7, 11) is 0. The normalized spacial score (nSPS) is 24.3. The Bertz CT molecular complexity index is 738. The first-order valence-electron chi connectivity index (χ1n) is 9.00. The number of aromatic nitrogens is 1. The number of aliphatic carboxylic acids is 1. The molecule has 1 aromatic heterocycles. The number of amides is 2. The molecule has 2 unspecified atom stereocenters. The van der Waals surface area contributed by atoms with E-state index in [-0.39, 0.29) is 36.0 Å². The summed E-state index contributed by atoms with van der Waals surface area (Å²) in [5.41, 5.74) is 0.482. The van der Waals surface area contributed by atoms with E-state index in [0.717, 1.165) is 10.7 Å². The monoisotopic (exact) mass is 411 g/mol. The summed E-state index contributed by atoms with van der Waals surface area (Å²) in [6.45, 7) is 4.18. The van der Waals surface area contributed by atoms with Crippen LogP contribution >= 0.6 is 23.1 Å². The van der Waals surface area contributed by atoms with Gasteiger partial charge in [-0.25, -0.2) is 4.98 Å². The Morgan fingerprint density at radius 1 is 1.30 bits per heavy atom.